The first-order valence-corrected chi connectivity index (χ1v) is 8.66. The van der Waals surface area contributed by atoms with Crippen molar-refractivity contribution < 1.29 is 0 Å². The van der Waals surface area contributed by atoms with E-state index in [0.29, 0.717) is 0 Å². The number of hydrogen-bond donors (Lipinski definition) is 1. The van der Waals surface area contributed by atoms with E-state index in [1.807, 2.05) is 0 Å². The number of nitrogens with one attached hydrogen (secondary N) is 1. The largest absolute Gasteiger partial charge is 0.311 e. The van der Waals surface area contributed by atoms with Crippen LogP contribution in [0.2, 0.25) is 0 Å². The third-order valence-electron chi connectivity index (χ3n) is 4.91. The normalized spacial score (nSPS) is 29.9. The predicted octanol–water partition coefficient (Wildman–Crippen LogP) is 2.43. The van der Waals surface area contributed by atoms with E-state index in [2.05, 4.69) is 43.1 Å². The molecule has 3 nitrogen and oxygen atoms in total. The molecule has 118 valence electrons. The van der Waals surface area contributed by atoms with E-state index >= 15 is 0 Å². The standard InChI is InChI=1S/C17H35N3/c1-14(2)13-20(10-9-19(3)4)8-7-15-11-16-5-6-17(12-15)18-16/h14-18H,5-13H2,1-4H3. The van der Waals surface area contributed by atoms with E-state index in [0.717, 1.165) is 23.9 Å². The molecule has 2 aliphatic rings. The van der Waals surface area contributed by atoms with Gasteiger partial charge in [-0.05, 0) is 64.6 Å². The van der Waals surface area contributed by atoms with Gasteiger partial charge in [-0.3, -0.25) is 0 Å². The molecule has 2 heterocycles. The summed E-state index contributed by atoms with van der Waals surface area (Å²) in [5, 5.41) is 3.76. The van der Waals surface area contributed by atoms with Gasteiger partial charge in [0, 0.05) is 31.7 Å². The lowest BCUT2D eigenvalue weighted by molar-refractivity contribution is 0.188. The van der Waals surface area contributed by atoms with E-state index in [9.17, 15) is 0 Å². The van der Waals surface area contributed by atoms with E-state index < -0.39 is 0 Å². The van der Waals surface area contributed by atoms with Gasteiger partial charge in [-0.15, -0.1) is 0 Å². The summed E-state index contributed by atoms with van der Waals surface area (Å²) in [4.78, 5) is 4.99. The van der Waals surface area contributed by atoms with E-state index in [1.54, 1.807) is 0 Å². The molecule has 0 spiro atoms. The van der Waals surface area contributed by atoms with Gasteiger partial charge in [-0.1, -0.05) is 13.8 Å². The molecule has 2 aliphatic heterocycles. The second-order valence-corrected chi connectivity index (χ2v) is 7.76. The van der Waals surface area contributed by atoms with Crippen molar-refractivity contribution in [1.29, 1.82) is 0 Å². The summed E-state index contributed by atoms with van der Waals surface area (Å²) in [7, 11) is 4.36. The Balaban J connectivity index is 1.72. The Hall–Kier alpha value is -0.120. The summed E-state index contributed by atoms with van der Waals surface area (Å²) in [6.45, 7) is 9.65. The fraction of sp³-hybridized carbons (Fsp3) is 1.00. The van der Waals surface area contributed by atoms with Crippen molar-refractivity contribution in [3.05, 3.63) is 0 Å². The van der Waals surface area contributed by atoms with Crippen molar-refractivity contribution in [2.45, 2.75) is 58.0 Å². The minimum absolute atomic E-state index is 0.779. The van der Waals surface area contributed by atoms with E-state index in [-0.39, 0.29) is 0 Å². The van der Waals surface area contributed by atoms with E-state index in [1.165, 1.54) is 58.3 Å². The van der Waals surface area contributed by atoms with Crippen LogP contribution >= 0.6 is 0 Å². The Morgan fingerprint density at radius 3 is 2.20 bits per heavy atom. The highest BCUT2D eigenvalue weighted by Crippen LogP contribution is 2.32. The molecule has 20 heavy (non-hydrogen) atoms. The molecule has 0 aromatic heterocycles. The van der Waals surface area contributed by atoms with Gasteiger partial charge in [0.2, 0.25) is 0 Å². The lowest BCUT2D eigenvalue weighted by Crippen LogP contribution is -2.40. The zero-order valence-electron chi connectivity index (χ0n) is 14.1. The molecular weight excluding hydrogens is 246 g/mol. The Labute approximate surface area is 126 Å². The molecular formula is C17H35N3. The van der Waals surface area contributed by atoms with Crippen LogP contribution in [-0.2, 0) is 0 Å². The van der Waals surface area contributed by atoms with Gasteiger partial charge in [0.15, 0.2) is 0 Å². The van der Waals surface area contributed by atoms with Gasteiger partial charge < -0.3 is 15.1 Å². The fourth-order valence-electron chi connectivity index (χ4n) is 3.93. The number of fused-ring (bicyclic) bond motifs is 2. The molecule has 0 aromatic rings. The molecule has 0 aromatic carbocycles. The molecule has 0 saturated carbocycles. The molecule has 0 amide bonds. The van der Waals surface area contributed by atoms with Gasteiger partial charge in [0.25, 0.3) is 0 Å². The Morgan fingerprint density at radius 1 is 1.00 bits per heavy atom. The first-order chi connectivity index (χ1) is 9.52. The van der Waals surface area contributed by atoms with Crippen LogP contribution < -0.4 is 5.32 Å². The Morgan fingerprint density at radius 2 is 1.65 bits per heavy atom. The zero-order chi connectivity index (χ0) is 14.5. The minimum atomic E-state index is 0.779. The summed E-state index contributed by atoms with van der Waals surface area (Å²) >= 11 is 0. The van der Waals surface area contributed by atoms with Gasteiger partial charge in [0.05, 0.1) is 0 Å². The lowest BCUT2D eigenvalue weighted by atomic mass is 9.89. The number of hydrogen-bond acceptors (Lipinski definition) is 3. The maximum atomic E-state index is 3.76. The summed E-state index contributed by atoms with van der Waals surface area (Å²) in [6.07, 6.45) is 7.13. The first-order valence-electron chi connectivity index (χ1n) is 8.66. The van der Waals surface area contributed by atoms with Crippen LogP contribution in [-0.4, -0.2) is 62.2 Å². The SMILES string of the molecule is CC(C)CN(CCC1CC2CCC(C1)N2)CCN(C)C. The van der Waals surface area contributed by atoms with Gasteiger partial charge in [0.1, 0.15) is 0 Å². The minimum Gasteiger partial charge on any atom is -0.311 e. The highest BCUT2D eigenvalue weighted by atomic mass is 15.2. The van der Waals surface area contributed by atoms with Crippen molar-refractivity contribution in [3.8, 4) is 0 Å². The van der Waals surface area contributed by atoms with Crippen LogP contribution in [0.3, 0.4) is 0 Å². The summed E-state index contributed by atoms with van der Waals surface area (Å²) in [5.74, 6) is 1.75. The molecule has 2 saturated heterocycles. The zero-order valence-corrected chi connectivity index (χ0v) is 14.1. The van der Waals surface area contributed by atoms with Gasteiger partial charge >= 0.3 is 0 Å². The Kier molecular flexibility index (Phi) is 6.31. The monoisotopic (exact) mass is 281 g/mol. The van der Waals surface area contributed by atoms with Crippen LogP contribution in [0.1, 0.15) is 46.0 Å². The third-order valence-corrected chi connectivity index (χ3v) is 4.91. The van der Waals surface area contributed by atoms with Crippen molar-refractivity contribution in [3.63, 3.8) is 0 Å². The summed E-state index contributed by atoms with van der Waals surface area (Å²) in [5.41, 5.74) is 0. The molecule has 2 bridgehead atoms. The molecule has 1 N–H and O–H groups in total. The van der Waals surface area contributed by atoms with Gasteiger partial charge in [-0.25, -0.2) is 0 Å². The molecule has 2 rings (SSSR count). The van der Waals surface area contributed by atoms with E-state index in [4.69, 9.17) is 0 Å². The van der Waals surface area contributed by atoms with Crippen molar-refractivity contribution in [2.24, 2.45) is 11.8 Å². The summed E-state index contributed by atoms with van der Waals surface area (Å²) in [6, 6.07) is 1.69. The number of nitrogens with zero attached hydrogens (tertiary/aromatic N) is 2. The number of likely N-dealkylation sites (N-methyl/N-ethyl adjacent to an activating group) is 1. The molecule has 2 fully saturated rings. The lowest BCUT2D eigenvalue weighted by Gasteiger charge is -2.32. The smallest absolute Gasteiger partial charge is 0.0109 e. The first kappa shape index (κ1) is 16.3. The fourth-order valence-corrected chi connectivity index (χ4v) is 3.93. The van der Waals surface area contributed by atoms with Crippen molar-refractivity contribution in [1.82, 2.24) is 15.1 Å². The number of piperidine rings is 1. The quantitative estimate of drug-likeness (QED) is 0.737. The van der Waals surface area contributed by atoms with Crippen molar-refractivity contribution >= 4 is 0 Å². The highest BCUT2D eigenvalue weighted by molar-refractivity contribution is 4.92. The topological polar surface area (TPSA) is 18.5 Å². The van der Waals surface area contributed by atoms with Crippen molar-refractivity contribution in [2.75, 3.05) is 40.3 Å². The van der Waals surface area contributed by atoms with Crippen LogP contribution in [0.5, 0.6) is 0 Å². The second-order valence-electron chi connectivity index (χ2n) is 7.76. The number of rotatable bonds is 8. The van der Waals surface area contributed by atoms with Crippen LogP contribution in [0, 0.1) is 11.8 Å². The average molecular weight is 281 g/mol. The molecule has 0 radical (unpaired) electrons. The third kappa shape index (κ3) is 5.34. The second kappa shape index (κ2) is 7.77. The molecule has 0 aliphatic carbocycles. The molecule has 3 heteroatoms. The maximum Gasteiger partial charge on any atom is 0.0109 e. The predicted molar refractivity (Wildman–Crippen MR) is 87.1 cm³/mol. The molecule has 2 unspecified atom stereocenters. The van der Waals surface area contributed by atoms with Crippen LogP contribution in [0.25, 0.3) is 0 Å². The highest BCUT2D eigenvalue weighted by Gasteiger charge is 2.33. The Bertz CT molecular complexity index is 265. The van der Waals surface area contributed by atoms with Crippen LogP contribution in [0.15, 0.2) is 0 Å². The molecule has 2 atom stereocenters. The van der Waals surface area contributed by atoms with Crippen LogP contribution in [0.4, 0.5) is 0 Å². The average Bonchev–Trinajstić information content (AvgIpc) is 2.71. The van der Waals surface area contributed by atoms with Gasteiger partial charge in [-0.2, -0.15) is 0 Å². The maximum absolute atomic E-state index is 3.76. The summed E-state index contributed by atoms with van der Waals surface area (Å²) < 4.78 is 0.